The van der Waals surface area contributed by atoms with Crippen LogP contribution < -0.4 is 20.1 Å². The van der Waals surface area contributed by atoms with E-state index >= 15 is 0 Å². The van der Waals surface area contributed by atoms with Gasteiger partial charge in [0, 0.05) is 48.4 Å². The van der Waals surface area contributed by atoms with Crippen molar-refractivity contribution in [2.75, 3.05) is 45.2 Å². The number of methoxy groups -OCH3 is 1. The van der Waals surface area contributed by atoms with Crippen LogP contribution in [0.4, 0.5) is 5.69 Å². The smallest absolute Gasteiger partial charge is 0.290 e. The lowest BCUT2D eigenvalue weighted by Crippen LogP contribution is -2.39. The molecule has 5 rings (SSSR count). The van der Waals surface area contributed by atoms with E-state index in [1.165, 1.54) is 37.2 Å². The van der Waals surface area contributed by atoms with E-state index in [1.54, 1.807) is 7.11 Å². The number of piperidine rings is 1. The number of anilines is 1. The number of carbonyl (C=O) groups excluding carboxylic acids is 1. The standard InChI is InChI=1S/C25H34N4O3.CH2O2/c1-31-22-15-19-21(16-23(22)32-13-5-12-29-10-2-3-11-29)28-20-7-4-6-18(20)25(19)27-17-8-9-26-24(30)14-17;2-1-3/h15-17H,2-14H2,1H3,(H,26,30)(H,27,28);1H,(H,2,3). The predicted octanol–water partition coefficient (Wildman–Crippen LogP) is 2.99. The van der Waals surface area contributed by atoms with Gasteiger partial charge in [-0.2, -0.15) is 0 Å². The lowest BCUT2D eigenvalue weighted by molar-refractivity contribution is -0.123. The van der Waals surface area contributed by atoms with Crippen molar-refractivity contribution in [2.24, 2.45) is 0 Å². The molecule has 1 aliphatic carbocycles. The lowest BCUT2D eigenvalue weighted by Gasteiger charge is -2.26. The van der Waals surface area contributed by atoms with Gasteiger partial charge in [-0.05, 0) is 69.7 Å². The highest BCUT2D eigenvalue weighted by molar-refractivity contribution is 5.96. The van der Waals surface area contributed by atoms with E-state index in [9.17, 15) is 4.79 Å². The molecular formula is C26H36N4O5. The summed E-state index contributed by atoms with van der Waals surface area (Å²) >= 11 is 0. The molecule has 190 valence electrons. The van der Waals surface area contributed by atoms with Crippen molar-refractivity contribution >= 4 is 29.0 Å². The van der Waals surface area contributed by atoms with E-state index in [1.807, 2.05) is 6.07 Å². The summed E-state index contributed by atoms with van der Waals surface area (Å²) in [4.78, 5) is 27.8. The second-order valence-corrected chi connectivity index (χ2v) is 9.33. The summed E-state index contributed by atoms with van der Waals surface area (Å²) in [6.07, 6.45) is 8.23. The SMILES string of the molecule is COc1cc2c(NC3CCNC(=O)C3)c3c(nc2cc1OCCCN1CCCC1)CCC3.O=CO. The van der Waals surface area contributed by atoms with Gasteiger partial charge in [0.2, 0.25) is 5.91 Å². The summed E-state index contributed by atoms with van der Waals surface area (Å²) in [7, 11) is 1.69. The third-order valence-electron chi connectivity index (χ3n) is 6.97. The first kappa shape index (κ1) is 25.0. The molecule has 2 aliphatic heterocycles. The van der Waals surface area contributed by atoms with Gasteiger partial charge < -0.3 is 30.1 Å². The molecule has 1 aromatic heterocycles. The lowest BCUT2D eigenvalue weighted by atomic mass is 10.0. The van der Waals surface area contributed by atoms with Crippen LogP contribution in [0, 0.1) is 0 Å². The first-order valence-electron chi connectivity index (χ1n) is 12.6. The summed E-state index contributed by atoms with van der Waals surface area (Å²) in [5.41, 5.74) is 4.53. The van der Waals surface area contributed by atoms with E-state index in [4.69, 9.17) is 24.4 Å². The largest absolute Gasteiger partial charge is 0.493 e. The van der Waals surface area contributed by atoms with Gasteiger partial charge in [-0.1, -0.05) is 0 Å². The maximum Gasteiger partial charge on any atom is 0.290 e. The highest BCUT2D eigenvalue weighted by Gasteiger charge is 2.25. The van der Waals surface area contributed by atoms with E-state index in [0.29, 0.717) is 13.0 Å². The van der Waals surface area contributed by atoms with Gasteiger partial charge in [0.05, 0.1) is 19.2 Å². The minimum absolute atomic E-state index is 0.117. The number of amides is 1. The van der Waals surface area contributed by atoms with Crippen LogP contribution in [0.2, 0.25) is 0 Å². The van der Waals surface area contributed by atoms with E-state index < -0.39 is 0 Å². The van der Waals surface area contributed by atoms with Crippen molar-refractivity contribution in [1.29, 1.82) is 0 Å². The first-order valence-corrected chi connectivity index (χ1v) is 12.6. The molecule has 2 aromatic rings. The number of pyridine rings is 1. The van der Waals surface area contributed by atoms with E-state index in [2.05, 4.69) is 21.6 Å². The molecule has 9 heteroatoms. The van der Waals surface area contributed by atoms with Crippen molar-refractivity contribution in [3.63, 3.8) is 0 Å². The number of ether oxygens (including phenoxy) is 2. The highest BCUT2D eigenvalue weighted by atomic mass is 16.5. The Bertz CT molecular complexity index is 1040. The number of carboxylic acid groups (broad SMARTS) is 1. The fraction of sp³-hybridized carbons (Fsp3) is 0.577. The van der Waals surface area contributed by atoms with Crippen LogP contribution >= 0.6 is 0 Å². The maximum atomic E-state index is 11.9. The van der Waals surface area contributed by atoms with Crippen LogP contribution in [0.3, 0.4) is 0 Å². The van der Waals surface area contributed by atoms with Gasteiger partial charge in [0.25, 0.3) is 6.47 Å². The van der Waals surface area contributed by atoms with Crippen LogP contribution in [-0.4, -0.2) is 73.3 Å². The van der Waals surface area contributed by atoms with Gasteiger partial charge in [-0.15, -0.1) is 0 Å². The number of aromatic nitrogens is 1. The van der Waals surface area contributed by atoms with Gasteiger partial charge in [0.1, 0.15) is 0 Å². The number of hydrogen-bond acceptors (Lipinski definition) is 7. The topological polar surface area (TPSA) is 113 Å². The summed E-state index contributed by atoms with van der Waals surface area (Å²) in [6.45, 7) is 4.66. The average Bonchev–Trinajstić information content (AvgIpc) is 3.54. The van der Waals surface area contributed by atoms with Crippen LogP contribution in [0.15, 0.2) is 12.1 Å². The molecule has 3 aliphatic rings. The molecular weight excluding hydrogens is 448 g/mol. The van der Waals surface area contributed by atoms with Crippen molar-refractivity contribution in [2.45, 2.75) is 57.4 Å². The van der Waals surface area contributed by atoms with Crippen LogP contribution in [0.5, 0.6) is 11.5 Å². The van der Waals surface area contributed by atoms with Crippen molar-refractivity contribution < 1.29 is 24.2 Å². The number of hydrogen-bond donors (Lipinski definition) is 3. The van der Waals surface area contributed by atoms with Crippen LogP contribution in [-0.2, 0) is 22.4 Å². The number of likely N-dealkylation sites (tertiary alicyclic amines) is 1. The number of aryl methyl sites for hydroxylation is 1. The minimum Gasteiger partial charge on any atom is -0.493 e. The zero-order chi connectivity index (χ0) is 24.6. The van der Waals surface area contributed by atoms with Crippen molar-refractivity contribution in [3.05, 3.63) is 23.4 Å². The van der Waals surface area contributed by atoms with Crippen molar-refractivity contribution in [3.8, 4) is 11.5 Å². The fourth-order valence-corrected chi connectivity index (χ4v) is 5.30. The third kappa shape index (κ3) is 6.14. The summed E-state index contributed by atoms with van der Waals surface area (Å²) in [5.74, 6) is 1.61. The Hall–Kier alpha value is -3.07. The Morgan fingerprint density at radius 2 is 2.03 bits per heavy atom. The third-order valence-corrected chi connectivity index (χ3v) is 6.97. The molecule has 1 amide bonds. The van der Waals surface area contributed by atoms with Gasteiger partial charge >= 0.3 is 0 Å². The molecule has 0 radical (unpaired) electrons. The Balaban J connectivity index is 0.000000917. The average molecular weight is 485 g/mol. The second kappa shape index (κ2) is 12.1. The number of nitrogens with one attached hydrogen (secondary N) is 2. The van der Waals surface area contributed by atoms with Gasteiger partial charge in [-0.3, -0.25) is 14.6 Å². The normalized spacial score (nSPS) is 19.5. The molecule has 2 fully saturated rings. The summed E-state index contributed by atoms with van der Waals surface area (Å²) in [6, 6.07) is 4.23. The first-order chi connectivity index (χ1) is 17.1. The van der Waals surface area contributed by atoms with Crippen LogP contribution in [0.1, 0.15) is 49.8 Å². The van der Waals surface area contributed by atoms with Crippen LogP contribution in [0.25, 0.3) is 10.9 Å². The zero-order valence-electron chi connectivity index (χ0n) is 20.5. The second-order valence-electron chi connectivity index (χ2n) is 9.33. The summed E-state index contributed by atoms with van der Waals surface area (Å²) < 4.78 is 11.9. The number of rotatable bonds is 8. The molecule has 3 heterocycles. The fourth-order valence-electron chi connectivity index (χ4n) is 5.30. The molecule has 2 saturated heterocycles. The number of nitrogens with zero attached hydrogens (tertiary/aromatic N) is 2. The molecule has 0 saturated carbocycles. The molecule has 1 unspecified atom stereocenters. The maximum absolute atomic E-state index is 11.9. The number of benzene rings is 1. The molecule has 1 atom stereocenters. The quantitative estimate of drug-likeness (QED) is 0.387. The van der Waals surface area contributed by atoms with Crippen molar-refractivity contribution in [1.82, 2.24) is 15.2 Å². The Labute approximate surface area is 206 Å². The molecule has 9 nitrogen and oxygen atoms in total. The molecule has 1 aromatic carbocycles. The van der Waals surface area contributed by atoms with Gasteiger partial charge in [-0.25, -0.2) is 0 Å². The highest BCUT2D eigenvalue weighted by Crippen LogP contribution is 2.40. The summed E-state index contributed by atoms with van der Waals surface area (Å²) in [5, 5.41) is 14.6. The Morgan fingerprint density at radius 1 is 1.23 bits per heavy atom. The Kier molecular flexibility index (Phi) is 8.63. The molecule has 35 heavy (non-hydrogen) atoms. The Morgan fingerprint density at radius 3 is 2.77 bits per heavy atom. The molecule has 0 spiro atoms. The number of fused-ring (bicyclic) bond motifs is 2. The van der Waals surface area contributed by atoms with Gasteiger partial charge in [0.15, 0.2) is 11.5 Å². The minimum atomic E-state index is -0.250. The monoisotopic (exact) mass is 484 g/mol. The van der Waals surface area contributed by atoms with E-state index in [-0.39, 0.29) is 18.4 Å². The zero-order valence-corrected chi connectivity index (χ0v) is 20.5. The molecule has 0 bridgehead atoms. The van der Waals surface area contributed by atoms with E-state index in [0.717, 1.165) is 73.3 Å². The number of carbonyl (C=O) groups is 2. The predicted molar refractivity (Wildman–Crippen MR) is 134 cm³/mol. The molecule has 3 N–H and O–H groups in total.